The van der Waals surface area contributed by atoms with Gasteiger partial charge in [0.1, 0.15) is 11.4 Å². The molecule has 0 spiro atoms. The molecule has 0 aromatic heterocycles. The van der Waals surface area contributed by atoms with Crippen LogP contribution in [0.15, 0.2) is 45.8 Å². The first-order chi connectivity index (χ1) is 10.7. The second kappa shape index (κ2) is 6.55. The normalized spacial score (nSPS) is 11.1. The number of nitrogens with zero attached hydrogens (tertiary/aromatic N) is 1. The van der Waals surface area contributed by atoms with Gasteiger partial charge in [-0.15, -0.1) is 0 Å². The third-order valence-electron chi connectivity index (χ3n) is 3.04. The van der Waals surface area contributed by atoms with Crippen molar-refractivity contribution in [1.29, 1.82) is 0 Å². The van der Waals surface area contributed by atoms with Gasteiger partial charge in [-0.1, -0.05) is 17.7 Å². The number of nitro groups is 1. The van der Waals surface area contributed by atoms with Gasteiger partial charge < -0.3 is 4.74 Å². The number of rotatable bonds is 5. The maximum Gasteiger partial charge on any atom is 0.298 e. The highest BCUT2D eigenvalue weighted by Gasteiger charge is 2.24. The van der Waals surface area contributed by atoms with Gasteiger partial charge in [0.05, 0.1) is 27.5 Å². The molecule has 0 aliphatic carbocycles. The number of ether oxygens (including phenoxy) is 1. The van der Waals surface area contributed by atoms with Crippen molar-refractivity contribution < 1.29 is 18.1 Å². The molecule has 0 bridgehead atoms. The molecule has 0 aliphatic heterocycles. The first-order valence-electron chi connectivity index (χ1n) is 6.36. The number of hydrogen-bond acceptors (Lipinski definition) is 5. The van der Waals surface area contributed by atoms with E-state index in [-0.39, 0.29) is 20.8 Å². The van der Waals surface area contributed by atoms with Crippen LogP contribution >= 0.6 is 15.9 Å². The van der Waals surface area contributed by atoms with Crippen LogP contribution in [0.5, 0.6) is 5.75 Å². The minimum Gasteiger partial charge on any atom is -0.496 e. The molecule has 1 N–H and O–H groups in total. The summed E-state index contributed by atoms with van der Waals surface area (Å²) in [5, 5.41) is 11.2. The molecule has 9 heteroatoms. The summed E-state index contributed by atoms with van der Waals surface area (Å²) in [4.78, 5) is 10.5. The molecule has 122 valence electrons. The van der Waals surface area contributed by atoms with Crippen molar-refractivity contribution in [3.63, 3.8) is 0 Å². The van der Waals surface area contributed by atoms with E-state index in [1.54, 1.807) is 12.1 Å². The Bertz CT molecular complexity index is 850. The molecular formula is C14H13BrN2O5S. The highest BCUT2D eigenvalue weighted by Crippen LogP contribution is 2.38. The van der Waals surface area contributed by atoms with Crippen molar-refractivity contribution in [1.82, 2.24) is 0 Å². The Hall–Kier alpha value is -2.13. The lowest BCUT2D eigenvalue weighted by molar-refractivity contribution is -0.384. The van der Waals surface area contributed by atoms with Crippen LogP contribution in [0.1, 0.15) is 5.56 Å². The van der Waals surface area contributed by atoms with E-state index in [0.29, 0.717) is 0 Å². The lowest BCUT2D eigenvalue weighted by Gasteiger charge is -2.11. The monoisotopic (exact) mass is 400 g/mol. The maximum absolute atomic E-state index is 12.4. The van der Waals surface area contributed by atoms with Crippen LogP contribution in [-0.2, 0) is 10.0 Å². The molecule has 0 amide bonds. The van der Waals surface area contributed by atoms with Gasteiger partial charge in [-0.05, 0) is 41.1 Å². The van der Waals surface area contributed by atoms with Crippen molar-refractivity contribution in [2.75, 3.05) is 11.8 Å². The number of sulfonamides is 1. The number of aryl methyl sites for hydroxylation is 1. The number of benzene rings is 2. The number of nitro benzene ring substituents is 1. The Kier molecular flexibility index (Phi) is 4.90. The summed E-state index contributed by atoms with van der Waals surface area (Å²) in [6.45, 7) is 1.83. The summed E-state index contributed by atoms with van der Waals surface area (Å²) in [6, 6.07) is 8.75. The van der Waals surface area contributed by atoms with Gasteiger partial charge in [0.25, 0.3) is 15.7 Å². The summed E-state index contributed by atoms with van der Waals surface area (Å²) in [5.41, 5.74) is 0.337. The molecule has 0 unspecified atom stereocenters. The zero-order valence-electron chi connectivity index (χ0n) is 12.2. The smallest absolute Gasteiger partial charge is 0.298 e. The largest absolute Gasteiger partial charge is 0.496 e. The summed E-state index contributed by atoms with van der Waals surface area (Å²) >= 11 is 3.13. The molecule has 7 nitrogen and oxygen atoms in total. The van der Waals surface area contributed by atoms with Crippen LogP contribution in [0.2, 0.25) is 0 Å². The van der Waals surface area contributed by atoms with Crippen molar-refractivity contribution in [2.24, 2.45) is 0 Å². The Morgan fingerprint density at radius 3 is 2.35 bits per heavy atom. The topological polar surface area (TPSA) is 98.5 Å². The molecule has 23 heavy (non-hydrogen) atoms. The Balaban J connectivity index is 2.50. The van der Waals surface area contributed by atoms with Crippen LogP contribution in [-0.4, -0.2) is 20.5 Å². The van der Waals surface area contributed by atoms with E-state index in [9.17, 15) is 18.5 Å². The number of nitrogens with one attached hydrogen (secondary N) is 1. The Morgan fingerprint density at radius 2 is 1.83 bits per heavy atom. The van der Waals surface area contributed by atoms with Crippen LogP contribution in [0.3, 0.4) is 0 Å². The standard InChI is InChI=1S/C14H13BrN2O5S/c1-9-3-5-11(6-4-9)23(20,21)16-14-12(15)7-10(22-2)8-13(14)17(18)19/h3-8,16H,1-2H3. The highest BCUT2D eigenvalue weighted by molar-refractivity contribution is 9.10. The highest BCUT2D eigenvalue weighted by atomic mass is 79.9. The summed E-state index contributed by atoms with van der Waals surface area (Å²) in [7, 11) is -2.59. The predicted octanol–water partition coefficient (Wildman–Crippen LogP) is 3.48. The van der Waals surface area contributed by atoms with Gasteiger partial charge in [0, 0.05) is 0 Å². The Labute approximate surface area is 141 Å². The van der Waals surface area contributed by atoms with Crippen molar-refractivity contribution in [3.8, 4) is 5.75 Å². The van der Waals surface area contributed by atoms with Gasteiger partial charge in [0.2, 0.25) is 0 Å². The molecule has 2 rings (SSSR count). The predicted molar refractivity (Wildman–Crippen MR) is 89.3 cm³/mol. The van der Waals surface area contributed by atoms with Crippen LogP contribution in [0.4, 0.5) is 11.4 Å². The van der Waals surface area contributed by atoms with Crippen molar-refractivity contribution in [3.05, 3.63) is 56.5 Å². The number of anilines is 1. The third kappa shape index (κ3) is 3.80. The second-order valence-electron chi connectivity index (χ2n) is 4.68. The summed E-state index contributed by atoms with van der Waals surface area (Å²) in [5.74, 6) is 0.238. The van der Waals surface area contributed by atoms with E-state index in [2.05, 4.69) is 20.7 Å². The van der Waals surface area contributed by atoms with E-state index in [1.807, 2.05) is 6.92 Å². The molecule has 0 atom stereocenters. The van der Waals surface area contributed by atoms with E-state index >= 15 is 0 Å². The molecule has 0 radical (unpaired) electrons. The number of hydrogen-bond donors (Lipinski definition) is 1. The van der Waals surface area contributed by atoms with Crippen LogP contribution in [0, 0.1) is 17.0 Å². The Morgan fingerprint density at radius 1 is 1.22 bits per heavy atom. The molecule has 2 aromatic rings. The van der Waals surface area contributed by atoms with E-state index in [4.69, 9.17) is 4.74 Å². The fourth-order valence-electron chi connectivity index (χ4n) is 1.84. The number of methoxy groups -OCH3 is 1. The number of halogens is 1. The minimum absolute atomic E-state index is 0.0140. The first-order valence-corrected chi connectivity index (χ1v) is 8.63. The van der Waals surface area contributed by atoms with Gasteiger partial charge in [0.15, 0.2) is 0 Å². The summed E-state index contributed by atoms with van der Waals surface area (Å²) < 4.78 is 32.2. The zero-order chi connectivity index (χ0) is 17.2. The molecular weight excluding hydrogens is 388 g/mol. The minimum atomic E-state index is -3.95. The second-order valence-corrected chi connectivity index (χ2v) is 7.22. The van der Waals surface area contributed by atoms with Gasteiger partial charge in [-0.2, -0.15) is 0 Å². The lowest BCUT2D eigenvalue weighted by atomic mass is 10.2. The third-order valence-corrected chi connectivity index (χ3v) is 5.03. The van der Waals surface area contributed by atoms with Gasteiger partial charge >= 0.3 is 0 Å². The van der Waals surface area contributed by atoms with Gasteiger partial charge in [-0.25, -0.2) is 8.42 Å². The average molecular weight is 401 g/mol. The van der Waals surface area contributed by atoms with Gasteiger partial charge in [-0.3, -0.25) is 14.8 Å². The van der Waals surface area contributed by atoms with E-state index in [0.717, 1.165) is 11.6 Å². The molecule has 0 fully saturated rings. The molecule has 0 heterocycles. The zero-order valence-corrected chi connectivity index (χ0v) is 14.6. The van der Waals surface area contributed by atoms with E-state index in [1.165, 1.54) is 25.3 Å². The molecule has 2 aromatic carbocycles. The lowest BCUT2D eigenvalue weighted by Crippen LogP contribution is -2.14. The first kappa shape index (κ1) is 17.2. The fourth-order valence-corrected chi connectivity index (χ4v) is 3.60. The molecule has 0 saturated carbocycles. The van der Waals surface area contributed by atoms with Crippen molar-refractivity contribution >= 4 is 37.3 Å². The average Bonchev–Trinajstić information content (AvgIpc) is 2.49. The van der Waals surface area contributed by atoms with Crippen LogP contribution < -0.4 is 9.46 Å². The maximum atomic E-state index is 12.4. The SMILES string of the molecule is COc1cc(Br)c(NS(=O)(=O)c2ccc(C)cc2)c([N+](=O)[O-])c1. The van der Waals surface area contributed by atoms with Crippen molar-refractivity contribution in [2.45, 2.75) is 11.8 Å². The summed E-state index contributed by atoms with van der Waals surface area (Å²) in [6.07, 6.45) is 0. The molecule has 0 saturated heterocycles. The van der Waals surface area contributed by atoms with Crippen LogP contribution in [0.25, 0.3) is 0 Å². The van der Waals surface area contributed by atoms with E-state index < -0.39 is 20.6 Å². The fraction of sp³-hybridized carbons (Fsp3) is 0.143. The molecule has 0 aliphatic rings. The quantitative estimate of drug-likeness (QED) is 0.611.